The Morgan fingerprint density at radius 2 is 1.47 bits per heavy atom. The lowest BCUT2D eigenvalue weighted by atomic mass is 10.0. The molecule has 0 spiro atoms. The van der Waals surface area contributed by atoms with E-state index in [0.717, 1.165) is 6.54 Å². The summed E-state index contributed by atoms with van der Waals surface area (Å²) in [5.74, 6) is 0. The molecule has 4 aromatic rings. The van der Waals surface area contributed by atoms with Crippen LogP contribution >= 0.6 is 0 Å². The molecule has 0 bridgehead atoms. The number of para-hydroxylation sites is 1. The second kappa shape index (κ2) is 3.86. The van der Waals surface area contributed by atoms with Gasteiger partial charge in [0.1, 0.15) is 0 Å². The fraction of sp³-hybridized carbons (Fsp3) is 0.111. The summed E-state index contributed by atoms with van der Waals surface area (Å²) in [5, 5.41) is 5.41. The van der Waals surface area contributed by atoms with Gasteiger partial charge in [0.25, 0.3) is 0 Å². The quantitative estimate of drug-likeness (QED) is 0.446. The van der Waals surface area contributed by atoms with Gasteiger partial charge < -0.3 is 4.57 Å². The number of hydrogen-bond donors (Lipinski definition) is 0. The van der Waals surface area contributed by atoms with E-state index in [4.69, 9.17) is 0 Å². The normalized spacial score (nSPS) is 11.6. The Kier molecular flexibility index (Phi) is 2.16. The second-order valence-electron chi connectivity index (χ2n) is 4.94. The van der Waals surface area contributed by atoms with Crippen LogP contribution in [-0.2, 0) is 6.54 Å². The molecule has 1 heteroatoms. The Labute approximate surface area is 112 Å². The van der Waals surface area contributed by atoms with Crippen molar-refractivity contribution < 1.29 is 0 Å². The first-order valence-electron chi connectivity index (χ1n) is 6.79. The van der Waals surface area contributed by atoms with Gasteiger partial charge in [0.15, 0.2) is 0 Å². The summed E-state index contributed by atoms with van der Waals surface area (Å²) in [4.78, 5) is 0. The molecular weight excluding hydrogens is 230 g/mol. The highest BCUT2D eigenvalue weighted by Gasteiger charge is 2.11. The van der Waals surface area contributed by atoms with Gasteiger partial charge >= 0.3 is 0 Å². The molecule has 0 aliphatic carbocycles. The summed E-state index contributed by atoms with van der Waals surface area (Å²) in [7, 11) is 0. The van der Waals surface area contributed by atoms with Crippen molar-refractivity contribution in [3.05, 3.63) is 60.7 Å². The Hall–Kier alpha value is -2.28. The summed E-state index contributed by atoms with van der Waals surface area (Å²) in [6.07, 6.45) is 0. The highest BCUT2D eigenvalue weighted by Crippen LogP contribution is 2.34. The minimum Gasteiger partial charge on any atom is -0.341 e. The number of nitrogens with zero attached hydrogens (tertiary/aromatic N) is 1. The number of aryl methyl sites for hydroxylation is 1. The van der Waals surface area contributed by atoms with E-state index >= 15 is 0 Å². The number of hydrogen-bond acceptors (Lipinski definition) is 0. The molecule has 0 atom stereocenters. The summed E-state index contributed by atoms with van der Waals surface area (Å²) < 4.78 is 2.40. The minimum atomic E-state index is 1.00. The second-order valence-corrected chi connectivity index (χ2v) is 4.94. The Bertz CT molecular complexity index is 899. The summed E-state index contributed by atoms with van der Waals surface area (Å²) >= 11 is 0. The van der Waals surface area contributed by atoms with E-state index in [1.807, 2.05) is 0 Å². The molecule has 1 aromatic heterocycles. The largest absolute Gasteiger partial charge is 0.341 e. The molecule has 1 heterocycles. The molecule has 19 heavy (non-hydrogen) atoms. The van der Waals surface area contributed by atoms with Crippen LogP contribution in [-0.4, -0.2) is 4.57 Å². The van der Waals surface area contributed by atoms with E-state index in [0.29, 0.717) is 0 Å². The van der Waals surface area contributed by atoms with Crippen LogP contribution in [0.3, 0.4) is 0 Å². The van der Waals surface area contributed by atoms with Gasteiger partial charge in [0.05, 0.1) is 0 Å². The molecule has 1 nitrogen and oxygen atoms in total. The summed E-state index contributed by atoms with van der Waals surface area (Å²) in [5.41, 5.74) is 2.67. The van der Waals surface area contributed by atoms with Crippen molar-refractivity contribution in [1.29, 1.82) is 0 Å². The maximum Gasteiger partial charge on any atom is 0.0497 e. The number of fused-ring (bicyclic) bond motifs is 5. The molecule has 0 unspecified atom stereocenters. The fourth-order valence-electron chi connectivity index (χ4n) is 3.16. The van der Waals surface area contributed by atoms with Crippen LogP contribution in [0.5, 0.6) is 0 Å². The first-order valence-corrected chi connectivity index (χ1v) is 6.79. The molecular formula is C18H15N. The minimum absolute atomic E-state index is 1.00. The van der Waals surface area contributed by atoms with E-state index in [2.05, 4.69) is 72.2 Å². The van der Waals surface area contributed by atoms with E-state index in [-0.39, 0.29) is 0 Å². The lowest BCUT2D eigenvalue weighted by molar-refractivity contribution is 0.827. The topological polar surface area (TPSA) is 4.93 Å². The molecule has 0 aliphatic rings. The SMILES string of the molecule is CCn1c2ccccc2c2c3ccccc3ccc21. The number of benzene rings is 3. The Balaban J connectivity index is 2.37. The Morgan fingerprint density at radius 3 is 2.32 bits per heavy atom. The average Bonchev–Trinajstić information content (AvgIpc) is 2.81. The van der Waals surface area contributed by atoms with Gasteiger partial charge in [0.2, 0.25) is 0 Å². The number of aromatic nitrogens is 1. The van der Waals surface area contributed by atoms with Crippen molar-refractivity contribution in [2.75, 3.05) is 0 Å². The fourth-order valence-corrected chi connectivity index (χ4v) is 3.16. The first kappa shape index (κ1) is 10.6. The van der Waals surface area contributed by atoms with Gasteiger partial charge in [-0.05, 0) is 29.8 Å². The maximum absolute atomic E-state index is 2.40. The monoisotopic (exact) mass is 245 g/mol. The van der Waals surface area contributed by atoms with E-state index in [1.54, 1.807) is 0 Å². The van der Waals surface area contributed by atoms with Crippen LogP contribution in [0.1, 0.15) is 6.92 Å². The number of rotatable bonds is 1. The van der Waals surface area contributed by atoms with Gasteiger partial charge in [-0.2, -0.15) is 0 Å². The predicted octanol–water partition coefficient (Wildman–Crippen LogP) is 4.97. The van der Waals surface area contributed by atoms with Gasteiger partial charge in [-0.1, -0.05) is 48.5 Å². The zero-order chi connectivity index (χ0) is 12.8. The Morgan fingerprint density at radius 1 is 0.737 bits per heavy atom. The van der Waals surface area contributed by atoms with Crippen LogP contribution in [0.2, 0.25) is 0 Å². The third-order valence-electron chi connectivity index (χ3n) is 3.98. The highest BCUT2D eigenvalue weighted by molar-refractivity contribution is 6.20. The van der Waals surface area contributed by atoms with E-state index in [1.165, 1.54) is 32.6 Å². The standard InChI is InChI=1S/C18H15N/c1-2-19-16-10-6-5-9-15(16)18-14-8-4-3-7-13(14)11-12-17(18)19/h3-12H,2H2,1H3. The lowest BCUT2D eigenvalue weighted by Crippen LogP contribution is -1.92. The van der Waals surface area contributed by atoms with Gasteiger partial charge in [-0.3, -0.25) is 0 Å². The van der Waals surface area contributed by atoms with E-state index < -0.39 is 0 Å². The van der Waals surface area contributed by atoms with Crippen LogP contribution in [0.25, 0.3) is 32.6 Å². The van der Waals surface area contributed by atoms with Crippen molar-refractivity contribution in [3.8, 4) is 0 Å². The van der Waals surface area contributed by atoms with Crippen LogP contribution in [0, 0.1) is 0 Å². The molecule has 0 N–H and O–H groups in total. The highest BCUT2D eigenvalue weighted by atomic mass is 15.0. The van der Waals surface area contributed by atoms with Crippen molar-refractivity contribution in [2.45, 2.75) is 13.5 Å². The molecule has 92 valence electrons. The van der Waals surface area contributed by atoms with Crippen LogP contribution < -0.4 is 0 Å². The van der Waals surface area contributed by atoms with Gasteiger partial charge in [-0.15, -0.1) is 0 Å². The third kappa shape index (κ3) is 1.36. The summed E-state index contributed by atoms with van der Waals surface area (Å²) in [6, 6.07) is 21.8. The predicted molar refractivity (Wildman–Crippen MR) is 82.6 cm³/mol. The van der Waals surface area contributed by atoms with Crippen molar-refractivity contribution in [1.82, 2.24) is 4.57 Å². The van der Waals surface area contributed by atoms with E-state index in [9.17, 15) is 0 Å². The smallest absolute Gasteiger partial charge is 0.0497 e. The molecule has 3 aromatic carbocycles. The van der Waals surface area contributed by atoms with Crippen molar-refractivity contribution in [3.63, 3.8) is 0 Å². The molecule has 0 saturated heterocycles. The third-order valence-corrected chi connectivity index (χ3v) is 3.98. The molecule has 4 rings (SSSR count). The van der Waals surface area contributed by atoms with Gasteiger partial charge in [-0.25, -0.2) is 0 Å². The maximum atomic E-state index is 2.40. The molecule has 0 aliphatic heterocycles. The summed E-state index contributed by atoms with van der Waals surface area (Å²) in [6.45, 7) is 3.21. The van der Waals surface area contributed by atoms with Crippen molar-refractivity contribution in [2.24, 2.45) is 0 Å². The molecule has 0 radical (unpaired) electrons. The molecule has 0 amide bonds. The van der Waals surface area contributed by atoms with Crippen molar-refractivity contribution >= 4 is 32.6 Å². The van der Waals surface area contributed by atoms with Gasteiger partial charge in [0, 0.05) is 28.4 Å². The molecule has 0 saturated carbocycles. The zero-order valence-electron chi connectivity index (χ0n) is 10.9. The van der Waals surface area contributed by atoms with Crippen LogP contribution in [0.15, 0.2) is 60.7 Å². The van der Waals surface area contributed by atoms with Crippen LogP contribution in [0.4, 0.5) is 0 Å². The lowest BCUT2D eigenvalue weighted by Gasteiger charge is -2.03. The average molecular weight is 245 g/mol. The first-order chi connectivity index (χ1) is 9.40. The zero-order valence-corrected chi connectivity index (χ0v) is 10.9. The molecule has 0 fully saturated rings.